The van der Waals surface area contributed by atoms with Gasteiger partial charge in [0.15, 0.2) is 0 Å². The van der Waals surface area contributed by atoms with Crippen molar-refractivity contribution in [3.63, 3.8) is 0 Å². The molecular formula is C12H18N2O2S. The summed E-state index contributed by atoms with van der Waals surface area (Å²) in [6.07, 6.45) is 4.47. The van der Waals surface area contributed by atoms with Gasteiger partial charge in [-0.25, -0.2) is 13.4 Å². The summed E-state index contributed by atoms with van der Waals surface area (Å²) in [4.78, 5) is 2.98. The minimum atomic E-state index is -3.40. The molecule has 0 atom stereocenters. The quantitative estimate of drug-likeness (QED) is 0.894. The Labute approximate surface area is 103 Å². The first kappa shape index (κ1) is 12.5. The number of sulfonamides is 1. The van der Waals surface area contributed by atoms with Crippen LogP contribution < -0.4 is 4.83 Å². The highest BCUT2D eigenvalue weighted by atomic mass is 32.2. The van der Waals surface area contributed by atoms with E-state index in [0.29, 0.717) is 4.90 Å². The van der Waals surface area contributed by atoms with Gasteiger partial charge in [0.2, 0.25) is 0 Å². The molecule has 17 heavy (non-hydrogen) atoms. The molecule has 1 heterocycles. The Balaban J connectivity index is 2.06. The van der Waals surface area contributed by atoms with Crippen LogP contribution in [-0.2, 0) is 10.0 Å². The average Bonchev–Trinajstić information content (AvgIpc) is 2.58. The summed E-state index contributed by atoms with van der Waals surface area (Å²) in [6, 6.07) is 8.50. The Hall–Kier alpha value is -0.910. The van der Waals surface area contributed by atoms with E-state index < -0.39 is 10.0 Å². The summed E-state index contributed by atoms with van der Waals surface area (Å²) < 4.78 is 24.1. The molecule has 0 aliphatic carbocycles. The molecule has 0 amide bonds. The van der Waals surface area contributed by atoms with Gasteiger partial charge in [0, 0.05) is 13.1 Å². The highest BCUT2D eigenvalue weighted by Gasteiger charge is 2.18. The maximum Gasteiger partial charge on any atom is 0.253 e. The maximum atomic E-state index is 12.1. The number of rotatable bonds is 3. The van der Waals surface area contributed by atoms with Crippen molar-refractivity contribution in [2.75, 3.05) is 13.1 Å². The lowest BCUT2D eigenvalue weighted by atomic mass is 10.2. The lowest BCUT2D eigenvalue weighted by Crippen LogP contribution is -2.42. The summed E-state index contributed by atoms with van der Waals surface area (Å²) in [7, 11) is -3.40. The van der Waals surface area contributed by atoms with Crippen LogP contribution in [0.1, 0.15) is 25.7 Å². The van der Waals surface area contributed by atoms with Gasteiger partial charge in [-0.15, -0.1) is 4.83 Å². The largest absolute Gasteiger partial charge is 0.253 e. The molecule has 94 valence electrons. The lowest BCUT2D eigenvalue weighted by molar-refractivity contribution is 0.251. The number of nitrogens with zero attached hydrogens (tertiary/aromatic N) is 1. The standard InChI is InChI=1S/C12H18N2O2S/c15-17(16,12-8-4-3-5-9-12)13-14-10-6-1-2-7-11-14/h3-5,8-9,13H,1-2,6-7,10-11H2. The molecule has 0 bridgehead atoms. The molecule has 1 fully saturated rings. The average molecular weight is 254 g/mol. The van der Waals surface area contributed by atoms with E-state index in [4.69, 9.17) is 0 Å². The molecule has 0 spiro atoms. The molecule has 4 nitrogen and oxygen atoms in total. The Bertz CT molecular complexity index is 437. The van der Waals surface area contributed by atoms with Crippen molar-refractivity contribution in [2.45, 2.75) is 30.6 Å². The summed E-state index contributed by atoms with van der Waals surface area (Å²) in [5.41, 5.74) is 0. The third-order valence-electron chi connectivity index (χ3n) is 2.91. The molecule has 0 aromatic heterocycles. The summed E-state index contributed by atoms with van der Waals surface area (Å²) in [5, 5.41) is 1.81. The van der Waals surface area contributed by atoms with Crippen LogP contribution in [0.25, 0.3) is 0 Å². The zero-order valence-corrected chi connectivity index (χ0v) is 10.6. The zero-order chi connectivity index (χ0) is 12.1. The summed E-state index contributed by atoms with van der Waals surface area (Å²) >= 11 is 0. The fourth-order valence-electron chi connectivity index (χ4n) is 1.98. The van der Waals surface area contributed by atoms with Crippen molar-refractivity contribution in [2.24, 2.45) is 0 Å². The van der Waals surface area contributed by atoms with Crippen LogP contribution in [0.2, 0.25) is 0 Å². The zero-order valence-electron chi connectivity index (χ0n) is 9.80. The molecule has 0 saturated carbocycles. The van der Waals surface area contributed by atoms with E-state index >= 15 is 0 Å². The number of hydrazine groups is 1. The molecule has 1 aromatic rings. The molecule has 5 heteroatoms. The second-order valence-corrected chi connectivity index (χ2v) is 5.97. The van der Waals surface area contributed by atoms with E-state index in [1.54, 1.807) is 24.3 Å². The fraction of sp³-hybridized carbons (Fsp3) is 0.500. The molecule has 0 radical (unpaired) electrons. The molecule has 1 saturated heterocycles. The second kappa shape index (κ2) is 5.62. The van der Waals surface area contributed by atoms with E-state index in [-0.39, 0.29) is 0 Å². The maximum absolute atomic E-state index is 12.1. The first-order valence-corrected chi connectivity index (χ1v) is 7.49. The molecule has 1 aliphatic rings. The smallest absolute Gasteiger partial charge is 0.230 e. The van der Waals surface area contributed by atoms with Gasteiger partial charge in [-0.2, -0.15) is 0 Å². The van der Waals surface area contributed by atoms with Gasteiger partial charge in [0.1, 0.15) is 0 Å². The Kier molecular flexibility index (Phi) is 4.15. The van der Waals surface area contributed by atoms with Crippen LogP contribution in [0.3, 0.4) is 0 Å². The molecule has 1 aromatic carbocycles. The van der Waals surface area contributed by atoms with Gasteiger partial charge in [0.25, 0.3) is 10.0 Å². The highest BCUT2D eigenvalue weighted by molar-refractivity contribution is 7.89. The normalized spacial score (nSPS) is 18.8. The van der Waals surface area contributed by atoms with Crippen LogP contribution in [0.15, 0.2) is 35.2 Å². The van der Waals surface area contributed by atoms with Crippen molar-refractivity contribution < 1.29 is 8.42 Å². The SMILES string of the molecule is O=S(=O)(NN1CCCCCC1)c1ccccc1. The van der Waals surface area contributed by atoms with Crippen molar-refractivity contribution in [1.29, 1.82) is 0 Å². The topological polar surface area (TPSA) is 49.4 Å². The van der Waals surface area contributed by atoms with Crippen LogP contribution >= 0.6 is 0 Å². The van der Waals surface area contributed by atoms with Gasteiger partial charge in [-0.1, -0.05) is 31.0 Å². The minimum Gasteiger partial charge on any atom is -0.230 e. The lowest BCUT2D eigenvalue weighted by Gasteiger charge is -2.20. The van der Waals surface area contributed by atoms with Gasteiger partial charge in [0.05, 0.1) is 4.90 Å². The first-order valence-electron chi connectivity index (χ1n) is 6.01. The number of hydrogen-bond donors (Lipinski definition) is 1. The van der Waals surface area contributed by atoms with Crippen molar-refractivity contribution in [3.05, 3.63) is 30.3 Å². The molecule has 1 N–H and O–H groups in total. The van der Waals surface area contributed by atoms with Crippen LogP contribution in [-0.4, -0.2) is 26.5 Å². The van der Waals surface area contributed by atoms with E-state index in [1.807, 2.05) is 11.1 Å². The molecule has 2 rings (SSSR count). The third kappa shape index (κ3) is 3.52. The van der Waals surface area contributed by atoms with E-state index in [1.165, 1.54) is 12.8 Å². The number of nitrogens with one attached hydrogen (secondary N) is 1. The molecular weight excluding hydrogens is 236 g/mol. The van der Waals surface area contributed by atoms with Gasteiger partial charge in [-0.05, 0) is 25.0 Å². The predicted molar refractivity (Wildman–Crippen MR) is 66.8 cm³/mol. The highest BCUT2D eigenvalue weighted by Crippen LogP contribution is 2.11. The van der Waals surface area contributed by atoms with Crippen molar-refractivity contribution in [1.82, 2.24) is 9.84 Å². The first-order chi connectivity index (χ1) is 8.18. The Morgan fingerprint density at radius 2 is 1.53 bits per heavy atom. The molecule has 1 aliphatic heterocycles. The van der Waals surface area contributed by atoms with Crippen LogP contribution in [0, 0.1) is 0 Å². The van der Waals surface area contributed by atoms with Crippen molar-refractivity contribution in [3.8, 4) is 0 Å². The summed E-state index contributed by atoms with van der Waals surface area (Å²) in [5.74, 6) is 0. The van der Waals surface area contributed by atoms with E-state index in [9.17, 15) is 8.42 Å². The monoisotopic (exact) mass is 254 g/mol. The van der Waals surface area contributed by atoms with Gasteiger partial charge in [-0.3, -0.25) is 0 Å². The van der Waals surface area contributed by atoms with Crippen molar-refractivity contribution >= 4 is 10.0 Å². The second-order valence-electron chi connectivity index (χ2n) is 4.31. The van der Waals surface area contributed by atoms with Crippen LogP contribution in [0.5, 0.6) is 0 Å². The third-order valence-corrected chi connectivity index (χ3v) is 4.30. The fourth-order valence-corrected chi connectivity index (χ4v) is 3.13. The minimum absolute atomic E-state index is 0.323. The van der Waals surface area contributed by atoms with Gasteiger partial charge >= 0.3 is 0 Å². The number of hydrogen-bond acceptors (Lipinski definition) is 3. The van der Waals surface area contributed by atoms with Crippen LogP contribution in [0.4, 0.5) is 0 Å². The van der Waals surface area contributed by atoms with E-state index in [2.05, 4.69) is 4.83 Å². The van der Waals surface area contributed by atoms with Gasteiger partial charge < -0.3 is 0 Å². The Morgan fingerprint density at radius 3 is 2.12 bits per heavy atom. The summed E-state index contributed by atoms with van der Waals surface area (Å²) in [6.45, 7) is 1.60. The molecule has 0 unspecified atom stereocenters. The number of benzene rings is 1. The predicted octanol–water partition coefficient (Wildman–Crippen LogP) is 1.76. The Morgan fingerprint density at radius 1 is 0.941 bits per heavy atom. The van der Waals surface area contributed by atoms with E-state index in [0.717, 1.165) is 25.9 Å².